The smallest absolute Gasteiger partial charge is 0.139 e. The molecule has 0 saturated heterocycles. The van der Waals surface area contributed by atoms with Gasteiger partial charge >= 0.3 is 0 Å². The topological polar surface area (TPSA) is 68.3 Å². The lowest BCUT2D eigenvalue weighted by Crippen LogP contribution is -2.23. The number of likely N-dealkylation sites (N-methyl/N-ethyl adjacent to an activating group) is 1. The van der Waals surface area contributed by atoms with E-state index < -0.39 is 0 Å². The third-order valence-corrected chi connectivity index (χ3v) is 2.75. The van der Waals surface area contributed by atoms with Gasteiger partial charge in [-0.05, 0) is 12.1 Å². The first-order valence-electron chi connectivity index (χ1n) is 5.73. The molecule has 2 heterocycles. The molecule has 0 aliphatic heterocycles. The summed E-state index contributed by atoms with van der Waals surface area (Å²) in [6.45, 7) is 0.644. The maximum atomic E-state index is 8.93. The summed E-state index contributed by atoms with van der Waals surface area (Å²) in [6.07, 6.45) is 3.39. The fourth-order valence-electron chi connectivity index (χ4n) is 1.65. The molecule has 2 aromatic heterocycles. The molecule has 0 atom stereocenters. The van der Waals surface area contributed by atoms with Crippen LogP contribution in [0.15, 0.2) is 30.7 Å². The van der Waals surface area contributed by atoms with Crippen LogP contribution in [0, 0.1) is 0 Å². The molecule has 2 N–H and O–H groups in total. The molecule has 0 fully saturated rings. The van der Waals surface area contributed by atoms with Crippen molar-refractivity contribution in [2.24, 2.45) is 0 Å². The van der Waals surface area contributed by atoms with E-state index in [0.717, 1.165) is 17.5 Å². The van der Waals surface area contributed by atoms with E-state index in [0.29, 0.717) is 6.54 Å². The van der Waals surface area contributed by atoms with Gasteiger partial charge < -0.3 is 19.9 Å². The van der Waals surface area contributed by atoms with Crippen LogP contribution in [0.2, 0.25) is 0 Å². The molecule has 0 radical (unpaired) electrons. The Hall–Kier alpha value is -2.08. The Morgan fingerprint density at radius 3 is 2.72 bits per heavy atom. The second-order valence-corrected chi connectivity index (χ2v) is 3.99. The van der Waals surface area contributed by atoms with Crippen LogP contribution < -0.4 is 9.80 Å². The second kappa shape index (κ2) is 5.50. The highest BCUT2D eigenvalue weighted by Crippen LogP contribution is 2.21. The fourth-order valence-corrected chi connectivity index (χ4v) is 1.65. The molecule has 96 valence electrons. The number of anilines is 3. The fraction of sp³-hybridized carbons (Fsp3) is 0.333. The molecule has 2 aromatic rings. The van der Waals surface area contributed by atoms with Crippen molar-refractivity contribution in [2.75, 3.05) is 37.0 Å². The molecular weight excluding hydrogens is 230 g/mol. The Morgan fingerprint density at radius 1 is 1.28 bits per heavy atom. The number of hydrogen-bond donors (Lipinski definition) is 2. The summed E-state index contributed by atoms with van der Waals surface area (Å²) in [4.78, 5) is 15.4. The normalized spacial score (nSPS) is 10.4. The van der Waals surface area contributed by atoms with Crippen LogP contribution in [-0.4, -0.2) is 47.3 Å². The molecule has 0 aliphatic rings. The third kappa shape index (κ3) is 2.60. The van der Waals surface area contributed by atoms with Crippen molar-refractivity contribution in [1.29, 1.82) is 0 Å². The van der Waals surface area contributed by atoms with E-state index in [4.69, 9.17) is 5.11 Å². The van der Waals surface area contributed by atoms with Crippen molar-refractivity contribution in [1.82, 2.24) is 15.0 Å². The zero-order chi connectivity index (χ0) is 13.0. The minimum absolute atomic E-state index is 0.0995. The average molecular weight is 247 g/mol. The first-order chi connectivity index (χ1) is 8.72. The van der Waals surface area contributed by atoms with Crippen molar-refractivity contribution >= 4 is 17.5 Å². The lowest BCUT2D eigenvalue weighted by molar-refractivity contribution is 0.304. The Bertz CT molecular complexity index is 485. The van der Waals surface area contributed by atoms with E-state index in [2.05, 4.69) is 15.0 Å². The van der Waals surface area contributed by atoms with Gasteiger partial charge in [-0.3, -0.25) is 0 Å². The Labute approximate surface area is 106 Å². The number of nitrogens with zero attached hydrogens (tertiary/aromatic N) is 4. The highest BCUT2D eigenvalue weighted by molar-refractivity contribution is 5.58. The van der Waals surface area contributed by atoms with Crippen LogP contribution >= 0.6 is 0 Å². The molecule has 0 unspecified atom stereocenters. The first-order valence-corrected chi connectivity index (χ1v) is 5.73. The van der Waals surface area contributed by atoms with Crippen molar-refractivity contribution in [3.63, 3.8) is 0 Å². The maximum Gasteiger partial charge on any atom is 0.139 e. The number of rotatable bonds is 5. The van der Waals surface area contributed by atoms with E-state index in [1.54, 1.807) is 0 Å². The summed E-state index contributed by atoms with van der Waals surface area (Å²) in [5.41, 5.74) is 0. The quantitative estimate of drug-likeness (QED) is 0.825. The standard InChI is InChI=1S/C12H17N5O/c1-16(6-7-18)11-8-12(15-9-14-11)17(2)10-4-3-5-13-10/h3-5,8-9,13,18H,6-7H2,1-2H3. The van der Waals surface area contributed by atoms with Crippen LogP contribution in [0.25, 0.3) is 0 Å². The van der Waals surface area contributed by atoms with Crippen molar-refractivity contribution < 1.29 is 5.11 Å². The minimum atomic E-state index is 0.0995. The summed E-state index contributed by atoms with van der Waals surface area (Å²) < 4.78 is 0. The van der Waals surface area contributed by atoms with Gasteiger partial charge in [0.1, 0.15) is 23.8 Å². The van der Waals surface area contributed by atoms with E-state index in [-0.39, 0.29) is 6.61 Å². The molecule has 0 aliphatic carbocycles. The summed E-state index contributed by atoms with van der Waals surface area (Å²) in [5.74, 6) is 2.55. The van der Waals surface area contributed by atoms with Gasteiger partial charge in [0.05, 0.1) is 6.61 Å². The molecule has 18 heavy (non-hydrogen) atoms. The predicted octanol–water partition coefficient (Wildman–Crippen LogP) is 1.00. The molecule has 2 rings (SSSR count). The number of aliphatic hydroxyl groups is 1. The van der Waals surface area contributed by atoms with E-state index in [1.165, 1.54) is 6.33 Å². The summed E-state index contributed by atoms with van der Waals surface area (Å²) >= 11 is 0. The number of H-pyrrole nitrogens is 1. The van der Waals surface area contributed by atoms with Crippen LogP contribution in [0.5, 0.6) is 0 Å². The molecule has 0 aromatic carbocycles. The van der Waals surface area contributed by atoms with Crippen LogP contribution in [0.3, 0.4) is 0 Å². The first kappa shape index (κ1) is 12.4. The number of aromatic nitrogens is 3. The molecule has 0 amide bonds. The molecular formula is C12H17N5O. The molecule has 0 saturated carbocycles. The SMILES string of the molecule is CN(CCO)c1cc(N(C)c2ccc[nH]2)ncn1. The average Bonchev–Trinajstić information content (AvgIpc) is 2.92. The number of aromatic amines is 1. The zero-order valence-electron chi connectivity index (χ0n) is 10.5. The largest absolute Gasteiger partial charge is 0.395 e. The van der Waals surface area contributed by atoms with Crippen LogP contribution in [0.4, 0.5) is 17.5 Å². The summed E-state index contributed by atoms with van der Waals surface area (Å²) in [7, 11) is 3.82. The van der Waals surface area contributed by atoms with Crippen LogP contribution in [0.1, 0.15) is 0 Å². The maximum absolute atomic E-state index is 8.93. The number of nitrogens with one attached hydrogen (secondary N) is 1. The van der Waals surface area contributed by atoms with Gasteiger partial charge in [-0.1, -0.05) is 0 Å². The van der Waals surface area contributed by atoms with E-state index in [9.17, 15) is 0 Å². The van der Waals surface area contributed by atoms with Crippen molar-refractivity contribution in [2.45, 2.75) is 0 Å². The third-order valence-electron chi connectivity index (χ3n) is 2.75. The lowest BCUT2D eigenvalue weighted by Gasteiger charge is -2.20. The molecule has 6 heteroatoms. The Morgan fingerprint density at radius 2 is 2.06 bits per heavy atom. The van der Waals surface area contributed by atoms with Gasteiger partial charge in [0.25, 0.3) is 0 Å². The monoisotopic (exact) mass is 247 g/mol. The zero-order valence-corrected chi connectivity index (χ0v) is 10.5. The van der Waals surface area contributed by atoms with Gasteiger partial charge in [0, 0.05) is 32.9 Å². The summed E-state index contributed by atoms with van der Waals surface area (Å²) in [5, 5.41) is 8.93. The molecule has 0 bridgehead atoms. The van der Waals surface area contributed by atoms with Gasteiger partial charge in [0.15, 0.2) is 0 Å². The predicted molar refractivity (Wildman–Crippen MR) is 71.2 cm³/mol. The second-order valence-electron chi connectivity index (χ2n) is 3.99. The highest BCUT2D eigenvalue weighted by atomic mass is 16.3. The molecule has 6 nitrogen and oxygen atoms in total. The number of aliphatic hydroxyl groups excluding tert-OH is 1. The number of hydrogen-bond acceptors (Lipinski definition) is 5. The van der Waals surface area contributed by atoms with E-state index in [1.807, 2.05) is 48.3 Å². The van der Waals surface area contributed by atoms with Gasteiger partial charge in [-0.15, -0.1) is 0 Å². The van der Waals surface area contributed by atoms with Crippen LogP contribution in [-0.2, 0) is 0 Å². The van der Waals surface area contributed by atoms with Gasteiger partial charge in [0.2, 0.25) is 0 Å². The highest BCUT2D eigenvalue weighted by Gasteiger charge is 2.09. The Balaban J connectivity index is 2.21. The van der Waals surface area contributed by atoms with Crippen molar-refractivity contribution in [3.8, 4) is 0 Å². The summed E-state index contributed by atoms with van der Waals surface area (Å²) in [6, 6.07) is 5.79. The lowest BCUT2D eigenvalue weighted by atomic mass is 10.4. The van der Waals surface area contributed by atoms with E-state index >= 15 is 0 Å². The van der Waals surface area contributed by atoms with Gasteiger partial charge in [-0.2, -0.15) is 0 Å². The minimum Gasteiger partial charge on any atom is -0.395 e. The Kier molecular flexibility index (Phi) is 3.78. The molecule has 0 spiro atoms. The van der Waals surface area contributed by atoms with Gasteiger partial charge in [-0.25, -0.2) is 9.97 Å². The van der Waals surface area contributed by atoms with Crippen molar-refractivity contribution in [3.05, 3.63) is 30.7 Å².